The van der Waals surface area contributed by atoms with Crippen molar-refractivity contribution in [2.45, 2.75) is 6.92 Å². The van der Waals surface area contributed by atoms with Gasteiger partial charge in [0.2, 0.25) is 0 Å². The van der Waals surface area contributed by atoms with Crippen LogP contribution < -0.4 is 0 Å². The molecule has 0 saturated heterocycles. The summed E-state index contributed by atoms with van der Waals surface area (Å²) in [5, 5.41) is 9.69. The van der Waals surface area contributed by atoms with Gasteiger partial charge in [-0.2, -0.15) is 0 Å². The molecule has 0 amide bonds. The monoisotopic (exact) mass is 688 g/mol. The quantitative estimate of drug-likeness (QED) is 0.159. The van der Waals surface area contributed by atoms with Crippen LogP contribution in [0.4, 0.5) is 0 Å². The van der Waals surface area contributed by atoms with Crippen molar-refractivity contribution in [3.63, 3.8) is 0 Å². The summed E-state index contributed by atoms with van der Waals surface area (Å²) in [4.78, 5) is 0. The molecule has 0 saturated carbocycles. The summed E-state index contributed by atoms with van der Waals surface area (Å²) < 4.78 is 6.29. The van der Waals surface area contributed by atoms with E-state index in [2.05, 4.69) is 196 Å². The van der Waals surface area contributed by atoms with Crippen molar-refractivity contribution in [3.05, 3.63) is 194 Å². The molecule has 0 aliphatic heterocycles. The predicted octanol–water partition coefficient (Wildman–Crippen LogP) is 15.4. The smallest absolute Gasteiger partial charge is 0.136 e. The first kappa shape index (κ1) is 31.7. The fourth-order valence-corrected chi connectivity index (χ4v) is 8.32. The Hall–Kier alpha value is -6.96. The Labute approximate surface area is 314 Å². The molecule has 9 aromatic carbocycles. The van der Waals surface area contributed by atoms with E-state index in [1.54, 1.807) is 0 Å². The maximum Gasteiger partial charge on any atom is 0.136 e. The summed E-state index contributed by atoms with van der Waals surface area (Å²) in [6, 6.07) is 61.8. The second-order valence-corrected chi connectivity index (χ2v) is 14.1. The van der Waals surface area contributed by atoms with Crippen LogP contribution in [0.5, 0.6) is 0 Å². The van der Waals surface area contributed by atoms with E-state index in [9.17, 15) is 0 Å². The van der Waals surface area contributed by atoms with Crippen molar-refractivity contribution in [2.75, 3.05) is 0 Å². The van der Waals surface area contributed by atoms with E-state index in [0.29, 0.717) is 0 Å². The molecule has 0 unspecified atom stereocenters. The number of hydrogen-bond acceptors (Lipinski definition) is 1. The third-order valence-corrected chi connectivity index (χ3v) is 10.9. The Kier molecular flexibility index (Phi) is 7.59. The highest BCUT2D eigenvalue weighted by atomic mass is 16.3. The summed E-state index contributed by atoms with van der Waals surface area (Å²) in [5.74, 6) is 0. The van der Waals surface area contributed by atoms with Crippen molar-refractivity contribution >= 4 is 66.4 Å². The highest BCUT2D eigenvalue weighted by Gasteiger charge is 2.17. The van der Waals surface area contributed by atoms with Crippen molar-refractivity contribution < 1.29 is 4.42 Å². The van der Waals surface area contributed by atoms with Gasteiger partial charge >= 0.3 is 0 Å². The number of rotatable bonds is 6. The zero-order valence-corrected chi connectivity index (χ0v) is 30.0. The zero-order valence-electron chi connectivity index (χ0n) is 30.0. The van der Waals surface area contributed by atoms with E-state index in [0.717, 1.165) is 27.5 Å². The summed E-state index contributed by atoms with van der Waals surface area (Å²) in [7, 11) is 0. The van der Waals surface area contributed by atoms with Gasteiger partial charge in [0.05, 0.1) is 0 Å². The number of furan rings is 1. The zero-order chi connectivity index (χ0) is 36.2. The van der Waals surface area contributed by atoms with Gasteiger partial charge in [-0.15, -0.1) is 0 Å². The Morgan fingerprint density at radius 3 is 1.41 bits per heavy atom. The Bertz CT molecular complexity index is 3040. The van der Waals surface area contributed by atoms with Gasteiger partial charge in [0.15, 0.2) is 0 Å². The van der Waals surface area contributed by atoms with Crippen molar-refractivity contribution in [3.8, 4) is 44.5 Å². The fraction of sp³-hybridized carbons (Fsp3) is 0.0189. The molecule has 0 radical (unpaired) electrons. The van der Waals surface area contributed by atoms with E-state index in [1.807, 2.05) is 6.08 Å². The van der Waals surface area contributed by atoms with Crippen LogP contribution in [-0.2, 0) is 0 Å². The van der Waals surface area contributed by atoms with Crippen LogP contribution in [0.3, 0.4) is 0 Å². The number of allylic oxidation sites excluding steroid dienone is 1. The normalized spacial score (nSPS) is 11.8. The summed E-state index contributed by atoms with van der Waals surface area (Å²) >= 11 is 0. The lowest BCUT2D eigenvalue weighted by atomic mass is 9.85. The SMILES string of the molecule is C=Cc1ccc(-c2ccc(-c3c4ccccc4c(-c4ccc(-c5ccc6oc7cc8ccccc8cc7c6c5)cc4)c4ccccc34)cc2)cc1/C=C\C. The minimum Gasteiger partial charge on any atom is -0.456 e. The fourth-order valence-electron chi connectivity index (χ4n) is 8.32. The van der Waals surface area contributed by atoms with E-state index in [4.69, 9.17) is 4.42 Å². The molecule has 254 valence electrons. The first-order valence-electron chi connectivity index (χ1n) is 18.6. The Balaban J connectivity index is 1.06. The maximum absolute atomic E-state index is 6.29. The highest BCUT2D eigenvalue weighted by molar-refractivity contribution is 6.21. The van der Waals surface area contributed by atoms with E-state index in [1.165, 1.54) is 82.4 Å². The maximum atomic E-state index is 6.29. The minimum atomic E-state index is 0.911. The van der Waals surface area contributed by atoms with Crippen molar-refractivity contribution in [1.82, 2.24) is 0 Å². The van der Waals surface area contributed by atoms with E-state index in [-0.39, 0.29) is 0 Å². The molecule has 0 bridgehead atoms. The van der Waals surface area contributed by atoms with Crippen LogP contribution in [-0.4, -0.2) is 0 Å². The number of fused-ring (bicyclic) bond motifs is 6. The largest absolute Gasteiger partial charge is 0.456 e. The van der Waals surface area contributed by atoms with Gasteiger partial charge in [0.25, 0.3) is 0 Å². The second kappa shape index (κ2) is 12.9. The first-order chi connectivity index (χ1) is 26.7. The van der Waals surface area contributed by atoms with E-state index < -0.39 is 0 Å². The first-order valence-corrected chi connectivity index (χ1v) is 18.6. The summed E-state index contributed by atoms with van der Waals surface area (Å²) in [6.07, 6.45) is 6.14. The van der Waals surface area contributed by atoms with Gasteiger partial charge in [-0.25, -0.2) is 0 Å². The average Bonchev–Trinajstić information content (AvgIpc) is 3.58. The standard InChI is InChI=1S/C53H36O/c1-3-11-39-30-42(27-18-34(39)4-2)35-19-23-37(24-20-35)52-44-14-7-9-16-46(44)53(47-17-10-8-15-45(47)52)38-25-21-36(22-26-38)43-28-29-50-48(32-43)49-31-40-12-5-6-13-41(40)33-51(49)54-50/h3-33H,2H2,1H3/b11-3-. The molecule has 1 aromatic heterocycles. The molecule has 1 heteroatoms. The molecule has 0 fully saturated rings. The van der Waals surface area contributed by atoms with Crippen LogP contribution in [0.15, 0.2) is 187 Å². The molecule has 0 aliphatic rings. The van der Waals surface area contributed by atoms with Crippen LogP contribution in [0.25, 0.3) is 111 Å². The molecular weight excluding hydrogens is 653 g/mol. The third-order valence-electron chi connectivity index (χ3n) is 10.9. The molecule has 1 nitrogen and oxygen atoms in total. The Morgan fingerprint density at radius 2 is 0.852 bits per heavy atom. The lowest BCUT2D eigenvalue weighted by molar-refractivity contribution is 0.669. The van der Waals surface area contributed by atoms with Gasteiger partial charge in [-0.05, 0) is 125 Å². The van der Waals surface area contributed by atoms with Gasteiger partial charge < -0.3 is 4.42 Å². The van der Waals surface area contributed by atoms with Crippen LogP contribution >= 0.6 is 0 Å². The topological polar surface area (TPSA) is 13.1 Å². The second-order valence-electron chi connectivity index (χ2n) is 14.1. The molecule has 10 aromatic rings. The Morgan fingerprint density at radius 1 is 0.389 bits per heavy atom. The average molecular weight is 689 g/mol. The molecule has 0 atom stereocenters. The molecular formula is C53H36O. The predicted molar refractivity (Wildman–Crippen MR) is 233 cm³/mol. The minimum absolute atomic E-state index is 0.911. The van der Waals surface area contributed by atoms with Crippen molar-refractivity contribution in [2.24, 2.45) is 0 Å². The molecule has 0 spiro atoms. The molecule has 1 heterocycles. The third kappa shape index (κ3) is 5.25. The van der Waals surface area contributed by atoms with Gasteiger partial charge in [-0.3, -0.25) is 0 Å². The molecule has 0 aliphatic carbocycles. The van der Waals surface area contributed by atoms with Gasteiger partial charge in [-0.1, -0.05) is 164 Å². The van der Waals surface area contributed by atoms with Crippen LogP contribution in [0, 0.1) is 0 Å². The van der Waals surface area contributed by atoms with Gasteiger partial charge in [0, 0.05) is 10.8 Å². The van der Waals surface area contributed by atoms with Crippen LogP contribution in [0.2, 0.25) is 0 Å². The summed E-state index contributed by atoms with van der Waals surface area (Å²) in [6.45, 7) is 6.05. The lowest BCUT2D eigenvalue weighted by Crippen LogP contribution is -1.91. The van der Waals surface area contributed by atoms with Crippen molar-refractivity contribution in [1.29, 1.82) is 0 Å². The number of hydrogen-bond donors (Lipinski definition) is 0. The number of benzene rings is 9. The van der Waals surface area contributed by atoms with Crippen LogP contribution in [0.1, 0.15) is 18.1 Å². The molecule has 54 heavy (non-hydrogen) atoms. The van der Waals surface area contributed by atoms with Gasteiger partial charge in [0.1, 0.15) is 11.2 Å². The summed E-state index contributed by atoms with van der Waals surface area (Å²) in [5.41, 5.74) is 13.8. The molecule has 10 rings (SSSR count). The lowest BCUT2D eigenvalue weighted by Gasteiger charge is -2.18. The highest BCUT2D eigenvalue weighted by Crippen LogP contribution is 2.44. The van der Waals surface area contributed by atoms with E-state index >= 15 is 0 Å². The molecule has 0 N–H and O–H groups in total.